The molecule has 0 atom stereocenters. The Labute approximate surface area is 171 Å². The van der Waals surface area contributed by atoms with Crippen molar-refractivity contribution in [1.29, 1.82) is 0 Å². The van der Waals surface area contributed by atoms with Crippen molar-refractivity contribution >= 4 is 15.5 Å². The van der Waals surface area contributed by atoms with Crippen LogP contribution in [0.4, 0.5) is 5.69 Å². The highest BCUT2D eigenvalue weighted by Gasteiger charge is 2.13. The molecule has 0 aliphatic rings. The topological polar surface area (TPSA) is 60.2 Å². The van der Waals surface area contributed by atoms with E-state index in [2.05, 4.69) is 30.3 Å². The van der Waals surface area contributed by atoms with Gasteiger partial charge in [-0.15, -0.1) is 0 Å². The van der Waals surface area contributed by atoms with Gasteiger partial charge in [0.25, 0.3) is 0 Å². The molecule has 0 bridgehead atoms. The number of hydrogen-bond acceptors (Lipinski definition) is 3. The third-order valence-corrected chi connectivity index (χ3v) is 7.03. The highest BCUT2D eigenvalue weighted by atomic mass is 32.2. The van der Waals surface area contributed by atoms with Gasteiger partial charge in [0.1, 0.15) is 0 Å². The van der Waals surface area contributed by atoms with Crippen LogP contribution in [0.3, 0.4) is 0 Å². The van der Waals surface area contributed by atoms with Crippen molar-refractivity contribution in [3.63, 3.8) is 0 Å². The molecule has 28 heavy (non-hydrogen) atoms. The van der Waals surface area contributed by atoms with Crippen LogP contribution in [-0.4, -0.2) is 14.2 Å². The smallest absolute Gasteiger partial charge is 0.178 e. The predicted molar refractivity (Wildman–Crippen MR) is 119 cm³/mol. The molecule has 2 aromatic carbocycles. The summed E-state index contributed by atoms with van der Waals surface area (Å²) in [5, 5.41) is 0. The monoisotopic (exact) mass is 401 g/mol. The molecule has 154 valence electrons. The number of nitrogen functional groups attached to an aromatic ring is 1. The summed E-state index contributed by atoms with van der Waals surface area (Å²) in [6.45, 7) is 0. The van der Waals surface area contributed by atoms with Crippen LogP contribution in [-0.2, 0) is 16.3 Å². The Morgan fingerprint density at radius 3 is 1.68 bits per heavy atom. The fourth-order valence-corrected chi connectivity index (χ4v) is 4.84. The molecule has 0 radical (unpaired) electrons. The Hall–Kier alpha value is -1.81. The van der Waals surface area contributed by atoms with E-state index >= 15 is 0 Å². The zero-order chi connectivity index (χ0) is 20.1. The lowest BCUT2D eigenvalue weighted by molar-refractivity contribution is 0.553. The van der Waals surface area contributed by atoms with E-state index in [-0.39, 0.29) is 5.75 Å². The lowest BCUT2D eigenvalue weighted by Crippen LogP contribution is -2.06. The van der Waals surface area contributed by atoms with Crippen molar-refractivity contribution in [2.75, 3.05) is 11.5 Å². The number of nitrogens with two attached hydrogens (primary N) is 1. The molecule has 0 fully saturated rings. The maximum Gasteiger partial charge on any atom is 0.178 e. The van der Waals surface area contributed by atoms with Crippen molar-refractivity contribution in [3.05, 3.63) is 60.2 Å². The number of rotatable bonds is 14. The third-order valence-electron chi connectivity index (χ3n) is 5.21. The zero-order valence-electron chi connectivity index (χ0n) is 17.0. The molecule has 0 aromatic heterocycles. The summed E-state index contributed by atoms with van der Waals surface area (Å²) in [5.41, 5.74) is 7.65. The summed E-state index contributed by atoms with van der Waals surface area (Å²) in [5.74, 6) is 0.234. The summed E-state index contributed by atoms with van der Waals surface area (Å²) < 4.78 is 24.5. The minimum absolute atomic E-state index is 0.234. The SMILES string of the molecule is Nc1ccc(S(=O)(=O)CCCCCCCCCCCCc2ccccc2)cc1. The maximum atomic E-state index is 12.3. The Morgan fingerprint density at radius 1 is 0.607 bits per heavy atom. The summed E-state index contributed by atoms with van der Waals surface area (Å²) in [6, 6.07) is 17.2. The van der Waals surface area contributed by atoms with Gasteiger partial charge < -0.3 is 5.73 Å². The highest BCUT2D eigenvalue weighted by molar-refractivity contribution is 7.91. The number of aryl methyl sites for hydroxylation is 1. The van der Waals surface area contributed by atoms with Gasteiger partial charge in [-0.25, -0.2) is 8.42 Å². The molecule has 3 nitrogen and oxygen atoms in total. The number of anilines is 1. The number of sulfone groups is 1. The molecule has 4 heteroatoms. The van der Waals surface area contributed by atoms with Crippen molar-refractivity contribution in [2.24, 2.45) is 0 Å². The van der Waals surface area contributed by atoms with Crippen LogP contribution in [0.1, 0.15) is 69.8 Å². The Balaban J connectivity index is 1.42. The van der Waals surface area contributed by atoms with Gasteiger partial charge in [-0.05, 0) is 49.1 Å². The van der Waals surface area contributed by atoms with Gasteiger partial charge in [-0.3, -0.25) is 0 Å². The van der Waals surface area contributed by atoms with E-state index in [1.807, 2.05) is 0 Å². The van der Waals surface area contributed by atoms with Crippen molar-refractivity contribution in [2.45, 2.75) is 75.5 Å². The summed E-state index contributed by atoms with van der Waals surface area (Å²) >= 11 is 0. The van der Waals surface area contributed by atoms with Gasteiger partial charge in [0, 0.05) is 5.69 Å². The molecule has 0 saturated carbocycles. The van der Waals surface area contributed by atoms with Gasteiger partial charge in [-0.1, -0.05) is 81.7 Å². The second kappa shape index (κ2) is 12.6. The molecule has 0 aliphatic heterocycles. The fraction of sp³-hybridized carbons (Fsp3) is 0.500. The fourth-order valence-electron chi connectivity index (χ4n) is 3.47. The lowest BCUT2D eigenvalue weighted by atomic mass is 10.0. The van der Waals surface area contributed by atoms with Gasteiger partial charge in [-0.2, -0.15) is 0 Å². The maximum absolute atomic E-state index is 12.3. The minimum Gasteiger partial charge on any atom is -0.399 e. The third kappa shape index (κ3) is 8.92. The average Bonchev–Trinajstić information content (AvgIpc) is 2.70. The van der Waals surface area contributed by atoms with Crippen LogP contribution in [0.2, 0.25) is 0 Å². The molecule has 2 N–H and O–H groups in total. The van der Waals surface area contributed by atoms with E-state index in [0.717, 1.165) is 19.3 Å². The molecule has 2 rings (SSSR count). The highest BCUT2D eigenvalue weighted by Crippen LogP contribution is 2.16. The Morgan fingerprint density at radius 2 is 1.11 bits per heavy atom. The van der Waals surface area contributed by atoms with E-state index in [4.69, 9.17) is 5.73 Å². The van der Waals surface area contributed by atoms with Gasteiger partial charge in [0.05, 0.1) is 10.6 Å². The van der Waals surface area contributed by atoms with Crippen LogP contribution in [0.15, 0.2) is 59.5 Å². The lowest BCUT2D eigenvalue weighted by Gasteiger charge is -2.05. The second-order valence-electron chi connectivity index (χ2n) is 7.66. The number of benzene rings is 2. The van der Waals surface area contributed by atoms with Gasteiger partial charge in [0.2, 0.25) is 0 Å². The normalized spacial score (nSPS) is 11.6. The van der Waals surface area contributed by atoms with Crippen LogP contribution < -0.4 is 5.73 Å². The van der Waals surface area contributed by atoms with Crippen molar-refractivity contribution in [1.82, 2.24) is 0 Å². The van der Waals surface area contributed by atoms with Crippen LogP contribution in [0.5, 0.6) is 0 Å². The van der Waals surface area contributed by atoms with Crippen LogP contribution in [0, 0.1) is 0 Å². The summed E-state index contributed by atoms with van der Waals surface area (Å²) in [4.78, 5) is 0.383. The van der Waals surface area contributed by atoms with E-state index in [0.29, 0.717) is 10.6 Å². The molecular weight excluding hydrogens is 366 g/mol. The first-order valence-electron chi connectivity index (χ1n) is 10.7. The predicted octanol–water partition coefficient (Wildman–Crippen LogP) is 6.19. The van der Waals surface area contributed by atoms with E-state index in [9.17, 15) is 8.42 Å². The molecule has 0 aliphatic carbocycles. The minimum atomic E-state index is -3.16. The zero-order valence-corrected chi connectivity index (χ0v) is 17.8. The molecule has 2 aromatic rings. The number of hydrogen-bond donors (Lipinski definition) is 1. The van der Waals surface area contributed by atoms with Crippen molar-refractivity contribution < 1.29 is 8.42 Å². The largest absolute Gasteiger partial charge is 0.399 e. The standard InChI is InChI=1S/C24H35NO2S/c25-23-17-19-24(20-18-23)28(26,27)21-13-8-6-4-2-1-3-5-7-10-14-22-15-11-9-12-16-22/h9,11-12,15-20H,1-8,10,13-14,21,25H2. The molecule has 0 spiro atoms. The molecular formula is C24H35NO2S. The average molecular weight is 402 g/mol. The molecule has 0 saturated heterocycles. The first-order chi connectivity index (χ1) is 13.6. The van der Waals surface area contributed by atoms with Crippen molar-refractivity contribution in [3.8, 4) is 0 Å². The first kappa shape index (κ1) is 22.5. The first-order valence-corrected chi connectivity index (χ1v) is 12.4. The molecule has 0 unspecified atom stereocenters. The Bertz CT molecular complexity index is 755. The summed E-state index contributed by atoms with van der Waals surface area (Å²) in [7, 11) is -3.16. The second-order valence-corrected chi connectivity index (χ2v) is 9.77. The molecule has 0 heterocycles. The Kier molecular flexibility index (Phi) is 10.1. The van der Waals surface area contributed by atoms with Gasteiger partial charge >= 0.3 is 0 Å². The van der Waals surface area contributed by atoms with E-state index in [1.165, 1.54) is 56.9 Å². The van der Waals surface area contributed by atoms with Crippen LogP contribution >= 0.6 is 0 Å². The molecule has 0 amide bonds. The van der Waals surface area contributed by atoms with E-state index in [1.54, 1.807) is 24.3 Å². The summed E-state index contributed by atoms with van der Waals surface area (Å²) in [6.07, 6.45) is 13.1. The quantitative estimate of drug-likeness (QED) is 0.303. The number of unbranched alkanes of at least 4 members (excludes halogenated alkanes) is 9. The van der Waals surface area contributed by atoms with Crippen LogP contribution in [0.25, 0.3) is 0 Å². The van der Waals surface area contributed by atoms with E-state index < -0.39 is 9.84 Å². The van der Waals surface area contributed by atoms with Gasteiger partial charge in [0.15, 0.2) is 9.84 Å².